The number of rotatable bonds is 7. The first-order valence-electron chi connectivity index (χ1n) is 9.81. The summed E-state index contributed by atoms with van der Waals surface area (Å²) in [5.41, 5.74) is 2.65. The number of nitrogens with one attached hydrogen (secondary N) is 2. The van der Waals surface area contributed by atoms with E-state index in [0.29, 0.717) is 23.9 Å². The van der Waals surface area contributed by atoms with E-state index in [0.717, 1.165) is 36.1 Å². The topological polar surface area (TPSA) is 70.6 Å². The van der Waals surface area contributed by atoms with Crippen LogP contribution in [0.4, 0.5) is 4.39 Å². The lowest BCUT2D eigenvalue weighted by Crippen LogP contribution is -2.41. The van der Waals surface area contributed by atoms with Gasteiger partial charge in [0.15, 0.2) is 15.8 Å². The van der Waals surface area contributed by atoms with Crippen LogP contribution in [-0.2, 0) is 21.8 Å². The molecule has 30 heavy (non-hydrogen) atoms. The van der Waals surface area contributed by atoms with Crippen molar-refractivity contribution >= 4 is 39.8 Å². The van der Waals surface area contributed by atoms with Gasteiger partial charge in [-0.25, -0.2) is 17.8 Å². The smallest absolute Gasteiger partial charge is 0.191 e. The van der Waals surface area contributed by atoms with Crippen LogP contribution >= 0.6 is 24.0 Å². The zero-order valence-electron chi connectivity index (χ0n) is 17.5. The molecule has 0 spiro atoms. The second-order valence-corrected chi connectivity index (χ2v) is 9.70. The Morgan fingerprint density at radius 2 is 1.90 bits per heavy atom. The highest BCUT2D eigenvalue weighted by Crippen LogP contribution is 2.47. The summed E-state index contributed by atoms with van der Waals surface area (Å²) in [5.74, 6) is 0.488. The highest BCUT2D eigenvalue weighted by Gasteiger charge is 2.44. The van der Waals surface area contributed by atoms with Crippen molar-refractivity contribution < 1.29 is 12.8 Å². The Balaban J connectivity index is 0.00000320. The molecule has 1 fully saturated rings. The minimum atomic E-state index is -3.22. The zero-order valence-corrected chi connectivity index (χ0v) is 20.7. The van der Waals surface area contributed by atoms with E-state index in [-0.39, 0.29) is 35.2 Å². The Hall–Kier alpha value is -1.68. The molecule has 1 saturated carbocycles. The van der Waals surface area contributed by atoms with Gasteiger partial charge in [0, 0.05) is 24.8 Å². The first-order valence-corrected chi connectivity index (χ1v) is 11.7. The Labute approximate surface area is 195 Å². The van der Waals surface area contributed by atoms with Crippen LogP contribution < -0.4 is 10.6 Å². The molecule has 2 aromatic carbocycles. The van der Waals surface area contributed by atoms with Crippen molar-refractivity contribution in [3.63, 3.8) is 0 Å². The molecule has 1 aliphatic rings. The van der Waals surface area contributed by atoms with Gasteiger partial charge in [0.1, 0.15) is 5.82 Å². The molecule has 5 nitrogen and oxygen atoms in total. The number of hydrogen-bond donors (Lipinski definition) is 2. The number of aliphatic imine (C=N–C) groups is 1. The third kappa shape index (κ3) is 6.16. The SMILES string of the molecule is CCNC(=NCc1ccc(S(C)(=O)=O)c(C)c1)NCC1(c2cccc(F)c2)CC1.I. The van der Waals surface area contributed by atoms with Crippen LogP contribution in [0.5, 0.6) is 0 Å². The maximum Gasteiger partial charge on any atom is 0.191 e. The van der Waals surface area contributed by atoms with Gasteiger partial charge in [-0.1, -0.05) is 24.3 Å². The molecule has 0 atom stereocenters. The lowest BCUT2D eigenvalue weighted by Gasteiger charge is -2.19. The number of nitrogens with zero attached hydrogens (tertiary/aromatic N) is 1. The van der Waals surface area contributed by atoms with Crippen molar-refractivity contribution in [2.24, 2.45) is 4.99 Å². The maximum atomic E-state index is 13.6. The van der Waals surface area contributed by atoms with Gasteiger partial charge in [0.05, 0.1) is 11.4 Å². The lowest BCUT2D eigenvalue weighted by molar-refractivity contribution is 0.601. The molecule has 0 unspecified atom stereocenters. The first kappa shape index (κ1) is 24.6. The summed E-state index contributed by atoms with van der Waals surface area (Å²) < 4.78 is 37.1. The van der Waals surface area contributed by atoms with E-state index in [1.54, 1.807) is 31.2 Å². The van der Waals surface area contributed by atoms with Crippen molar-refractivity contribution in [1.29, 1.82) is 0 Å². The molecule has 0 radical (unpaired) electrons. The van der Waals surface area contributed by atoms with E-state index in [4.69, 9.17) is 0 Å². The molecule has 164 valence electrons. The van der Waals surface area contributed by atoms with Crippen molar-refractivity contribution in [3.05, 3.63) is 65.0 Å². The fourth-order valence-corrected chi connectivity index (χ4v) is 4.49. The predicted molar refractivity (Wildman–Crippen MR) is 130 cm³/mol. The molecule has 0 heterocycles. The van der Waals surface area contributed by atoms with E-state index >= 15 is 0 Å². The molecule has 3 rings (SSSR count). The van der Waals surface area contributed by atoms with Gasteiger partial charge in [-0.15, -0.1) is 24.0 Å². The molecule has 2 N–H and O–H groups in total. The molecule has 0 aliphatic heterocycles. The van der Waals surface area contributed by atoms with Crippen LogP contribution in [0.15, 0.2) is 52.4 Å². The highest BCUT2D eigenvalue weighted by atomic mass is 127. The Morgan fingerprint density at radius 3 is 2.47 bits per heavy atom. The Morgan fingerprint density at radius 1 is 1.17 bits per heavy atom. The molecule has 0 amide bonds. The van der Waals surface area contributed by atoms with Crippen molar-refractivity contribution in [2.45, 2.75) is 43.5 Å². The summed E-state index contributed by atoms with van der Waals surface area (Å²) in [5, 5.41) is 6.62. The van der Waals surface area contributed by atoms with Gasteiger partial charge in [0.2, 0.25) is 0 Å². The average Bonchev–Trinajstić information content (AvgIpc) is 3.44. The van der Waals surface area contributed by atoms with E-state index in [9.17, 15) is 12.8 Å². The van der Waals surface area contributed by atoms with Crippen molar-refractivity contribution in [3.8, 4) is 0 Å². The average molecular weight is 545 g/mol. The van der Waals surface area contributed by atoms with Gasteiger partial charge in [-0.05, 0) is 61.6 Å². The Kier molecular flexibility index (Phi) is 8.27. The fourth-order valence-electron chi connectivity index (χ4n) is 3.53. The van der Waals surface area contributed by atoms with E-state index in [1.165, 1.54) is 12.3 Å². The fraction of sp³-hybridized carbons (Fsp3) is 0.409. The minimum Gasteiger partial charge on any atom is -0.357 e. The molecular formula is C22H29FIN3O2S. The second-order valence-electron chi connectivity index (χ2n) is 7.71. The van der Waals surface area contributed by atoms with Gasteiger partial charge in [0.25, 0.3) is 0 Å². The van der Waals surface area contributed by atoms with Crippen LogP contribution in [0.2, 0.25) is 0 Å². The summed E-state index contributed by atoms with van der Waals surface area (Å²) in [4.78, 5) is 4.98. The molecule has 1 aliphatic carbocycles. The van der Waals surface area contributed by atoms with Gasteiger partial charge >= 0.3 is 0 Å². The lowest BCUT2D eigenvalue weighted by atomic mass is 9.96. The summed E-state index contributed by atoms with van der Waals surface area (Å²) in [6, 6.07) is 12.1. The molecule has 0 bridgehead atoms. The quantitative estimate of drug-likeness (QED) is 0.314. The Bertz CT molecular complexity index is 1020. The van der Waals surface area contributed by atoms with E-state index < -0.39 is 9.84 Å². The first-order chi connectivity index (χ1) is 13.7. The van der Waals surface area contributed by atoms with Crippen LogP contribution in [-0.4, -0.2) is 33.7 Å². The van der Waals surface area contributed by atoms with Crippen molar-refractivity contribution in [2.75, 3.05) is 19.3 Å². The molecule has 2 aromatic rings. The third-order valence-corrected chi connectivity index (χ3v) is 6.54. The summed E-state index contributed by atoms with van der Waals surface area (Å²) in [6.45, 7) is 5.65. The molecule has 0 aromatic heterocycles. The van der Waals surface area contributed by atoms with E-state index in [1.807, 2.05) is 19.1 Å². The second kappa shape index (κ2) is 10.1. The monoisotopic (exact) mass is 545 g/mol. The third-order valence-electron chi connectivity index (χ3n) is 5.29. The van der Waals surface area contributed by atoms with Crippen LogP contribution in [0.3, 0.4) is 0 Å². The number of benzene rings is 2. The summed E-state index contributed by atoms with van der Waals surface area (Å²) >= 11 is 0. The predicted octanol–water partition coefficient (Wildman–Crippen LogP) is 3.94. The number of guanidine groups is 1. The number of aryl methyl sites for hydroxylation is 1. The van der Waals surface area contributed by atoms with Crippen molar-refractivity contribution in [1.82, 2.24) is 10.6 Å². The zero-order chi connectivity index (χ0) is 21.1. The van der Waals surface area contributed by atoms with E-state index in [2.05, 4.69) is 15.6 Å². The van der Waals surface area contributed by atoms with Gasteiger partial charge in [-0.2, -0.15) is 0 Å². The summed E-state index contributed by atoms with van der Waals surface area (Å²) in [7, 11) is -3.22. The molecule has 8 heteroatoms. The normalized spacial score (nSPS) is 15.3. The minimum absolute atomic E-state index is 0. The standard InChI is InChI=1S/C22H28FN3O2S.HI/c1-4-24-21(25-14-17-8-9-20(16(2)12-17)29(3,27)28)26-15-22(10-11-22)18-6-5-7-19(23)13-18;/h5-9,12-13H,4,10-11,14-15H2,1-3H3,(H2,24,25,26);1H. The number of halogens is 2. The molecule has 0 saturated heterocycles. The number of sulfone groups is 1. The maximum absolute atomic E-state index is 13.6. The van der Waals surface area contributed by atoms with Gasteiger partial charge < -0.3 is 10.6 Å². The van der Waals surface area contributed by atoms with Crippen LogP contribution in [0.1, 0.15) is 36.5 Å². The largest absolute Gasteiger partial charge is 0.357 e. The highest BCUT2D eigenvalue weighted by molar-refractivity contribution is 14.0. The molecular weight excluding hydrogens is 516 g/mol. The van der Waals surface area contributed by atoms with Crippen LogP contribution in [0, 0.1) is 12.7 Å². The van der Waals surface area contributed by atoms with Gasteiger partial charge in [-0.3, -0.25) is 0 Å². The van der Waals surface area contributed by atoms with Crippen LogP contribution in [0.25, 0.3) is 0 Å². The number of hydrogen-bond acceptors (Lipinski definition) is 3. The summed E-state index contributed by atoms with van der Waals surface area (Å²) in [6.07, 6.45) is 3.26.